The zero-order valence-electron chi connectivity index (χ0n) is 18.1. The summed E-state index contributed by atoms with van der Waals surface area (Å²) < 4.78 is 6.41. The lowest BCUT2D eigenvalue weighted by Gasteiger charge is -2.46. The molecule has 0 aromatic rings. The van der Waals surface area contributed by atoms with Crippen LogP contribution in [0.1, 0.15) is 99.8 Å². The molecule has 3 fully saturated rings. The van der Waals surface area contributed by atoms with Gasteiger partial charge in [-0.15, -0.1) is 0 Å². The molecular formula is C23H40O3. The van der Waals surface area contributed by atoms with E-state index < -0.39 is 16.6 Å². The van der Waals surface area contributed by atoms with Gasteiger partial charge in [0.15, 0.2) is 0 Å². The first kappa shape index (κ1) is 20.2. The van der Waals surface area contributed by atoms with Gasteiger partial charge in [0.2, 0.25) is 0 Å². The number of ether oxygens (including phenoxy) is 1. The van der Waals surface area contributed by atoms with Gasteiger partial charge < -0.3 is 9.84 Å². The van der Waals surface area contributed by atoms with Crippen molar-refractivity contribution in [2.45, 2.75) is 111 Å². The lowest BCUT2D eigenvalue weighted by Crippen LogP contribution is -2.49. The number of rotatable bonds is 3. The van der Waals surface area contributed by atoms with E-state index in [0.717, 1.165) is 38.5 Å². The Morgan fingerprint density at radius 3 is 2.35 bits per heavy atom. The van der Waals surface area contributed by atoms with Crippen LogP contribution in [0.2, 0.25) is 0 Å². The number of aliphatic hydroxyl groups is 1. The number of hydrogen-bond acceptors (Lipinski definition) is 3. The van der Waals surface area contributed by atoms with Crippen molar-refractivity contribution in [1.82, 2.24) is 0 Å². The maximum absolute atomic E-state index is 13.6. The van der Waals surface area contributed by atoms with E-state index in [0.29, 0.717) is 18.3 Å². The third kappa shape index (κ3) is 3.45. The molecule has 150 valence electrons. The molecule has 3 saturated carbocycles. The maximum atomic E-state index is 13.6. The minimum atomic E-state index is -0.603. The molecule has 0 saturated heterocycles. The highest BCUT2D eigenvalue weighted by Crippen LogP contribution is 2.60. The first-order chi connectivity index (χ1) is 11.7. The van der Waals surface area contributed by atoms with E-state index in [-0.39, 0.29) is 16.8 Å². The summed E-state index contributed by atoms with van der Waals surface area (Å²) in [5, 5.41) is 11.2. The van der Waals surface area contributed by atoms with Gasteiger partial charge in [-0.05, 0) is 61.7 Å². The summed E-state index contributed by atoms with van der Waals surface area (Å²) >= 11 is 0. The van der Waals surface area contributed by atoms with Gasteiger partial charge >= 0.3 is 5.97 Å². The molecule has 5 atom stereocenters. The zero-order valence-corrected chi connectivity index (χ0v) is 18.1. The van der Waals surface area contributed by atoms with E-state index >= 15 is 0 Å². The standard InChI is InChI=1S/C23H40O3/c1-19(2,3)14-21(7,20(4,5)6)18(24)26-22-12-16-9-8-10-23(25,15-22)17(11-16)13-22/h16-17,25H,8-15H2,1-7H3. The summed E-state index contributed by atoms with van der Waals surface area (Å²) in [5.74, 6) is 0.880. The first-order valence-corrected chi connectivity index (χ1v) is 10.6. The van der Waals surface area contributed by atoms with Crippen LogP contribution in [0.15, 0.2) is 0 Å². The Morgan fingerprint density at radius 1 is 1.12 bits per heavy atom. The van der Waals surface area contributed by atoms with Gasteiger partial charge in [0.1, 0.15) is 5.60 Å². The Labute approximate surface area is 160 Å². The molecule has 0 aliphatic heterocycles. The normalized spacial score (nSPS) is 39.4. The van der Waals surface area contributed by atoms with Gasteiger partial charge in [-0.3, -0.25) is 4.79 Å². The Bertz CT molecular complexity index is 565. The van der Waals surface area contributed by atoms with Crippen LogP contribution in [-0.2, 0) is 9.53 Å². The molecule has 3 aliphatic carbocycles. The summed E-state index contributed by atoms with van der Waals surface area (Å²) in [5.41, 5.74) is -1.68. The number of carbonyl (C=O) groups excluding carboxylic acids is 1. The highest BCUT2D eigenvalue weighted by molar-refractivity contribution is 5.78. The summed E-state index contributed by atoms with van der Waals surface area (Å²) in [6.45, 7) is 15.1. The second-order valence-electron chi connectivity index (χ2n) is 12.3. The summed E-state index contributed by atoms with van der Waals surface area (Å²) in [4.78, 5) is 13.6. The van der Waals surface area contributed by atoms with Gasteiger partial charge in [-0.2, -0.15) is 0 Å². The van der Waals surface area contributed by atoms with Crippen LogP contribution in [0.3, 0.4) is 0 Å². The Balaban J connectivity index is 1.86. The van der Waals surface area contributed by atoms with Gasteiger partial charge in [-0.1, -0.05) is 54.4 Å². The fraction of sp³-hybridized carbons (Fsp3) is 0.957. The Hall–Kier alpha value is -0.570. The molecule has 5 unspecified atom stereocenters. The second kappa shape index (κ2) is 5.96. The van der Waals surface area contributed by atoms with E-state index in [4.69, 9.17) is 4.74 Å². The van der Waals surface area contributed by atoms with Gasteiger partial charge in [0.05, 0.1) is 11.0 Å². The first-order valence-electron chi connectivity index (χ1n) is 10.6. The minimum Gasteiger partial charge on any atom is -0.459 e. The number of carbonyl (C=O) groups is 1. The van der Waals surface area contributed by atoms with Crippen molar-refractivity contribution in [3.8, 4) is 0 Å². The lowest BCUT2D eigenvalue weighted by atomic mass is 9.61. The molecule has 3 nitrogen and oxygen atoms in total. The third-order valence-electron chi connectivity index (χ3n) is 7.81. The second-order valence-corrected chi connectivity index (χ2v) is 12.3. The SMILES string of the molecule is CC(C)(C)CC(C)(C(=O)OC12CC3CCCC(O)(C1)C(C3)C2)C(C)(C)C. The smallest absolute Gasteiger partial charge is 0.312 e. The predicted molar refractivity (Wildman–Crippen MR) is 105 cm³/mol. The molecule has 0 aromatic carbocycles. The predicted octanol–water partition coefficient (Wildman–Crippen LogP) is 5.49. The maximum Gasteiger partial charge on any atom is 0.312 e. The molecule has 1 N–H and O–H groups in total. The van der Waals surface area contributed by atoms with Crippen LogP contribution in [0.5, 0.6) is 0 Å². The summed E-state index contributed by atoms with van der Waals surface area (Å²) in [7, 11) is 0. The fourth-order valence-corrected chi connectivity index (χ4v) is 6.23. The highest BCUT2D eigenvalue weighted by Gasteiger charge is 2.62. The molecule has 3 aliphatic rings. The van der Waals surface area contributed by atoms with Gasteiger partial charge in [-0.25, -0.2) is 0 Å². The number of fused-ring (bicyclic) bond motifs is 2. The van der Waals surface area contributed by atoms with Crippen molar-refractivity contribution >= 4 is 5.97 Å². The third-order valence-corrected chi connectivity index (χ3v) is 7.81. The minimum absolute atomic E-state index is 0.0517. The summed E-state index contributed by atoms with van der Waals surface area (Å²) in [6, 6.07) is 0. The van der Waals surface area contributed by atoms with Crippen LogP contribution < -0.4 is 0 Å². The van der Waals surface area contributed by atoms with Crippen LogP contribution in [-0.4, -0.2) is 22.3 Å². The Kier molecular flexibility index (Phi) is 4.63. The molecule has 0 heterocycles. The molecule has 0 aromatic heterocycles. The topological polar surface area (TPSA) is 46.5 Å². The molecule has 0 spiro atoms. The van der Waals surface area contributed by atoms with E-state index in [2.05, 4.69) is 48.5 Å². The van der Waals surface area contributed by atoms with E-state index in [1.54, 1.807) is 0 Å². The average Bonchev–Trinajstić information content (AvgIpc) is 2.53. The van der Waals surface area contributed by atoms with Crippen molar-refractivity contribution < 1.29 is 14.6 Å². The van der Waals surface area contributed by atoms with Crippen molar-refractivity contribution in [1.29, 1.82) is 0 Å². The van der Waals surface area contributed by atoms with Crippen molar-refractivity contribution in [2.24, 2.45) is 28.1 Å². The molecule has 3 bridgehead atoms. The van der Waals surface area contributed by atoms with E-state index in [1.807, 2.05) is 0 Å². The Morgan fingerprint density at radius 2 is 1.77 bits per heavy atom. The molecule has 26 heavy (non-hydrogen) atoms. The van der Waals surface area contributed by atoms with Crippen LogP contribution >= 0.6 is 0 Å². The highest BCUT2D eigenvalue weighted by atomic mass is 16.6. The summed E-state index contributed by atoms with van der Waals surface area (Å²) in [6.07, 6.45) is 7.56. The fourth-order valence-electron chi connectivity index (χ4n) is 6.23. The van der Waals surface area contributed by atoms with Crippen LogP contribution in [0, 0.1) is 28.1 Å². The largest absolute Gasteiger partial charge is 0.459 e. The molecule has 0 amide bonds. The lowest BCUT2D eigenvalue weighted by molar-refractivity contribution is -0.185. The van der Waals surface area contributed by atoms with E-state index in [9.17, 15) is 9.90 Å². The van der Waals surface area contributed by atoms with Crippen LogP contribution in [0.4, 0.5) is 0 Å². The van der Waals surface area contributed by atoms with Crippen molar-refractivity contribution in [3.63, 3.8) is 0 Å². The molecule has 0 radical (unpaired) electrons. The van der Waals surface area contributed by atoms with Crippen molar-refractivity contribution in [2.75, 3.05) is 0 Å². The monoisotopic (exact) mass is 364 g/mol. The van der Waals surface area contributed by atoms with E-state index in [1.165, 1.54) is 6.42 Å². The zero-order chi connectivity index (χ0) is 19.6. The molecular weight excluding hydrogens is 324 g/mol. The number of hydrogen-bond donors (Lipinski definition) is 1. The number of esters is 1. The van der Waals surface area contributed by atoms with Crippen LogP contribution in [0.25, 0.3) is 0 Å². The molecule has 3 heteroatoms. The van der Waals surface area contributed by atoms with Gasteiger partial charge in [0.25, 0.3) is 0 Å². The molecule has 3 rings (SSSR count). The van der Waals surface area contributed by atoms with Crippen molar-refractivity contribution in [3.05, 3.63) is 0 Å². The average molecular weight is 365 g/mol. The quantitative estimate of drug-likeness (QED) is 0.673. The van der Waals surface area contributed by atoms with Gasteiger partial charge in [0, 0.05) is 6.42 Å².